The smallest absolute Gasteiger partial charge is 0.407 e. The molecular formula is C8H18N2O2. The molecule has 0 aliphatic heterocycles. The maximum atomic E-state index is 10.8. The van der Waals surface area contributed by atoms with Crippen LogP contribution in [0.25, 0.3) is 0 Å². The van der Waals surface area contributed by atoms with Crippen LogP contribution in [0.2, 0.25) is 0 Å². The highest BCUT2D eigenvalue weighted by atomic mass is 16.4. The Kier molecular flexibility index (Phi) is 3.52. The zero-order valence-electron chi connectivity index (χ0n) is 8.16. The van der Waals surface area contributed by atoms with Gasteiger partial charge in [0.1, 0.15) is 0 Å². The molecule has 0 fully saturated rings. The summed E-state index contributed by atoms with van der Waals surface area (Å²) in [5, 5.41) is 8.83. The first-order valence-electron chi connectivity index (χ1n) is 4.01. The van der Waals surface area contributed by atoms with E-state index in [1.165, 1.54) is 4.90 Å². The SMILES string of the molecule is C[C@H](N)CN(C(=O)O)C(C)(C)C. The number of hydrogen-bond donors (Lipinski definition) is 2. The molecule has 4 nitrogen and oxygen atoms in total. The van der Waals surface area contributed by atoms with Crippen molar-refractivity contribution in [2.75, 3.05) is 6.54 Å². The van der Waals surface area contributed by atoms with Gasteiger partial charge in [0.15, 0.2) is 0 Å². The van der Waals surface area contributed by atoms with Crippen LogP contribution in [-0.4, -0.2) is 34.2 Å². The molecule has 0 unspecified atom stereocenters. The van der Waals surface area contributed by atoms with Gasteiger partial charge in [-0.15, -0.1) is 0 Å². The topological polar surface area (TPSA) is 66.6 Å². The molecule has 0 radical (unpaired) electrons. The molecule has 0 aliphatic rings. The maximum Gasteiger partial charge on any atom is 0.407 e. The van der Waals surface area contributed by atoms with Crippen LogP contribution in [0.3, 0.4) is 0 Å². The third kappa shape index (κ3) is 3.57. The Bertz CT molecular complexity index is 161. The van der Waals surface area contributed by atoms with E-state index >= 15 is 0 Å². The third-order valence-electron chi connectivity index (χ3n) is 1.51. The standard InChI is InChI=1S/C8H18N2O2/c1-6(9)5-10(7(11)12)8(2,3)4/h6H,5,9H2,1-4H3,(H,11,12)/t6-/m0/s1. The lowest BCUT2D eigenvalue weighted by atomic mass is 10.1. The van der Waals surface area contributed by atoms with Gasteiger partial charge >= 0.3 is 6.09 Å². The first-order chi connectivity index (χ1) is 5.25. The minimum absolute atomic E-state index is 0.125. The van der Waals surface area contributed by atoms with Crippen LogP contribution in [-0.2, 0) is 0 Å². The summed E-state index contributed by atoms with van der Waals surface area (Å²) in [5.41, 5.74) is 5.15. The molecule has 0 heterocycles. The van der Waals surface area contributed by atoms with Crippen LogP contribution < -0.4 is 5.73 Å². The Morgan fingerprint density at radius 1 is 1.58 bits per heavy atom. The Hall–Kier alpha value is -0.770. The maximum absolute atomic E-state index is 10.8. The Morgan fingerprint density at radius 2 is 2.00 bits per heavy atom. The second kappa shape index (κ2) is 3.76. The van der Waals surface area contributed by atoms with E-state index in [4.69, 9.17) is 10.8 Å². The molecule has 4 heteroatoms. The Labute approximate surface area is 73.3 Å². The molecule has 0 aromatic heterocycles. The monoisotopic (exact) mass is 174 g/mol. The molecule has 0 bridgehead atoms. The van der Waals surface area contributed by atoms with Crippen molar-refractivity contribution in [3.8, 4) is 0 Å². The first kappa shape index (κ1) is 11.2. The lowest BCUT2D eigenvalue weighted by molar-refractivity contribution is 0.0972. The summed E-state index contributed by atoms with van der Waals surface area (Å²) in [5.74, 6) is 0. The van der Waals surface area contributed by atoms with Crippen molar-refractivity contribution in [2.45, 2.75) is 39.3 Å². The number of carboxylic acid groups (broad SMARTS) is 1. The van der Waals surface area contributed by atoms with Crippen molar-refractivity contribution in [3.05, 3.63) is 0 Å². The zero-order chi connectivity index (χ0) is 9.94. The molecule has 3 N–H and O–H groups in total. The number of hydrogen-bond acceptors (Lipinski definition) is 2. The molecule has 1 amide bonds. The number of rotatable bonds is 2. The first-order valence-corrected chi connectivity index (χ1v) is 4.01. The molecule has 0 aromatic rings. The second-order valence-electron chi connectivity index (χ2n) is 4.04. The minimum atomic E-state index is -0.917. The normalized spacial score (nSPS) is 14.1. The predicted octanol–water partition coefficient (Wildman–Crippen LogP) is 1.11. The molecular weight excluding hydrogens is 156 g/mol. The second-order valence-corrected chi connectivity index (χ2v) is 4.04. The van der Waals surface area contributed by atoms with Crippen LogP contribution in [0.15, 0.2) is 0 Å². The van der Waals surface area contributed by atoms with Crippen LogP contribution in [0.5, 0.6) is 0 Å². The zero-order valence-corrected chi connectivity index (χ0v) is 8.16. The fourth-order valence-corrected chi connectivity index (χ4v) is 0.927. The van der Waals surface area contributed by atoms with Crippen molar-refractivity contribution < 1.29 is 9.90 Å². The van der Waals surface area contributed by atoms with E-state index in [1.807, 2.05) is 20.8 Å². The molecule has 72 valence electrons. The molecule has 12 heavy (non-hydrogen) atoms. The number of nitrogens with two attached hydrogens (primary N) is 1. The highest BCUT2D eigenvalue weighted by Gasteiger charge is 2.26. The summed E-state index contributed by atoms with van der Waals surface area (Å²) in [6, 6.07) is -0.125. The highest BCUT2D eigenvalue weighted by molar-refractivity contribution is 5.66. The summed E-state index contributed by atoms with van der Waals surface area (Å²) in [6.07, 6.45) is -0.917. The molecule has 0 rings (SSSR count). The van der Waals surface area contributed by atoms with Gasteiger partial charge in [0, 0.05) is 18.1 Å². The fourth-order valence-electron chi connectivity index (χ4n) is 0.927. The lowest BCUT2D eigenvalue weighted by Crippen LogP contribution is -2.49. The Balaban J connectivity index is 4.35. The van der Waals surface area contributed by atoms with Crippen molar-refractivity contribution in [1.82, 2.24) is 4.90 Å². The van der Waals surface area contributed by atoms with E-state index < -0.39 is 6.09 Å². The quantitative estimate of drug-likeness (QED) is 0.659. The summed E-state index contributed by atoms with van der Waals surface area (Å²) in [7, 11) is 0. The van der Waals surface area contributed by atoms with E-state index in [0.29, 0.717) is 6.54 Å². The molecule has 0 saturated carbocycles. The molecule has 1 atom stereocenters. The van der Waals surface area contributed by atoms with Gasteiger partial charge in [0.2, 0.25) is 0 Å². The largest absolute Gasteiger partial charge is 0.465 e. The number of amides is 1. The van der Waals surface area contributed by atoms with Gasteiger partial charge in [0.25, 0.3) is 0 Å². The highest BCUT2D eigenvalue weighted by Crippen LogP contribution is 2.13. The van der Waals surface area contributed by atoms with Crippen molar-refractivity contribution in [1.29, 1.82) is 0 Å². The van der Waals surface area contributed by atoms with Gasteiger partial charge in [-0.1, -0.05) is 0 Å². The lowest BCUT2D eigenvalue weighted by Gasteiger charge is -2.34. The van der Waals surface area contributed by atoms with Gasteiger partial charge in [-0.2, -0.15) is 0 Å². The molecule has 0 aliphatic carbocycles. The number of carbonyl (C=O) groups is 1. The van der Waals surface area contributed by atoms with E-state index in [9.17, 15) is 4.79 Å². The van der Waals surface area contributed by atoms with E-state index in [1.54, 1.807) is 6.92 Å². The summed E-state index contributed by atoms with van der Waals surface area (Å²) >= 11 is 0. The molecule has 0 spiro atoms. The van der Waals surface area contributed by atoms with Crippen molar-refractivity contribution in [3.63, 3.8) is 0 Å². The average Bonchev–Trinajstić information content (AvgIpc) is 1.79. The van der Waals surface area contributed by atoms with Gasteiger partial charge in [0.05, 0.1) is 0 Å². The Morgan fingerprint density at radius 3 is 2.08 bits per heavy atom. The van der Waals surface area contributed by atoms with E-state index in [0.717, 1.165) is 0 Å². The van der Waals surface area contributed by atoms with Gasteiger partial charge in [-0.3, -0.25) is 0 Å². The fraction of sp³-hybridized carbons (Fsp3) is 0.875. The molecule has 0 saturated heterocycles. The van der Waals surface area contributed by atoms with Crippen molar-refractivity contribution in [2.24, 2.45) is 5.73 Å². The van der Waals surface area contributed by atoms with Gasteiger partial charge in [-0.25, -0.2) is 4.79 Å². The predicted molar refractivity (Wildman–Crippen MR) is 48.1 cm³/mol. The van der Waals surface area contributed by atoms with Crippen molar-refractivity contribution >= 4 is 6.09 Å². The summed E-state index contributed by atoms with van der Waals surface area (Å²) in [4.78, 5) is 12.1. The summed E-state index contributed by atoms with van der Waals surface area (Å²) < 4.78 is 0. The average molecular weight is 174 g/mol. The van der Waals surface area contributed by atoms with Crippen LogP contribution in [0.4, 0.5) is 4.79 Å². The van der Waals surface area contributed by atoms with Gasteiger partial charge in [-0.05, 0) is 27.7 Å². The van der Waals surface area contributed by atoms with Crippen LogP contribution in [0, 0.1) is 0 Å². The van der Waals surface area contributed by atoms with Crippen LogP contribution in [0.1, 0.15) is 27.7 Å². The van der Waals surface area contributed by atoms with E-state index in [2.05, 4.69) is 0 Å². The van der Waals surface area contributed by atoms with E-state index in [-0.39, 0.29) is 11.6 Å². The third-order valence-corrected chi connectivity index (χ3v) is 1.51. The molecule has 0 aromatic carbocycles. The number of nitrogens with zero attached hydrogens (tertiary/aromatic N) is 1. The van der Waals surface area contributed by atoms with Gasteiger partial charge < -0.3 is 15.7 Å². The van der Waals surface area contributed by atoms with Crippen LogP contribution >= 0.6 is 0 Å². The minimum Gasteiger partial charge on any atom is -0.465 e. The summed E-state index contributed by atoms with van der Waals surface area (Å²) in [6.45, 7) is 7.72.